The maximum Gasteiger partial charge on any atom is 0.185 e. The third kappa shape index (κ3) is 4.58. The number of nitrogens with zero attached hydrogens (tertiary/aromatic N) is 2. The summed E-state index contributed by atoms with van der Waals surface area (Å²) >= 11 is 1.83. The summed E-state index contributed by atoms with van der Waals surface area (Å²) in [6.07, 6.45) is 2.17. The van der Waals surface area contributed by atoms with Gasteiger partial charge in [0.1, 0.15) is 0 Å². The van der Waals surface area contributed by atoms with Crippen LogP contribution in [-0.2, 0) is 13.0 Å². The van der Waals surface area contributed by atoms with Gasteiger partial charge in [0.25, 0.3) is 0 Å². The highest BCUT2D eigenvalue weighted by atomic mass is 32.1. The Morgan fingerprint density at radius 2 is 1.94 bits per heavy atom. The van der Waals surface area contributed by atoms with Crippen LogP contribution in [0.3, 0.4) is 0 Å². The average molecular weight is 269 g/mol. The zero-order chi connectivity index (χ0) is 13.8. The molecule has 0 saturated carbocycles. The Labute approximate surface area is 116 Å². The van der Waals surface area contributed by atoms with Crippen molar-refractivity contribution in [3.63, 3.8) is 0 Å². The summed E-state index contributed by atoms with van der Waals surface area (Å²) in [5.74, 6) is 0. The minimum Gasteiger partial charge on any atom is -0.351 e. The van der Waals surface area contributed by atoms with Crippen molar-refractivity contribution >= 4 is 16.5 Å². The molecule has 0 radical (unpaired) electrons. The summed E-state index contributed by atoms with van der Waals surface area (Å²) in [5, 5.41) is 4.70. The molecule has 1 aromatic heterocycles. The van der Waals surface area contributed by atoms with Crippen LogP contribution in [0.25, 0.3) is 0 Å². The molecule has 0 spiro atoms. The van der Waals surface area contributed by atoms with Gasteiger partial charge in [-0.3, -0.25) is 0 Å². The smallest absolute Gasteiger partial charge is 0.185 e. The van der Waals surface area contributed by atoms with E-state index in [-0.39, 0.29) is 5.54 Å². The first-order valence-electron chi connectivity index (χ1n) is 6.82. The zero-order valence-electron chi connectivity index (χ0n) is 12.6. The molecule has 1 rings (SSSR count). The van der Waals surface area contributed by atoms with Crippen molar-refractivity contribution in [1.29, 1.82) is 0 Å². The van der Waals surface area contributed by atoms with Crippen molar-refractivity contribution in [3.8, 4) is 0 Å². The monoisotopic (exact) mass is 269 g/mol. The van der Waals surface area contributed by atoms with Gasteiger partial charge in [-0.15, -0.1) is 11.3 Å². The van der Waals surface area contributed by atoms with Crippen LogP contribution in [0.15, 0.2) is 0 Å². The second kappa shape index (κ2) is 6.53. The largest absolute Gasteiger partial charge is 0.351 e. The number of aromatic nitrogens is 1. The lowest BCUT2D eigenvalue weighted by Crippen LogP contribution is -2.35. The van der Waals surface area contributed by atoms with Crippen LogP contribution < -0.4 is 10.2 Å². The molecule has 1 N–H and O–H groups in total. The zero-order valence-corrected chi connectivity index (χ0v) is 13.4. The molecule has 0 amide bonds. The number of thiazole rings is 1. The van der Waals surface area contributed by atoms with E-state index < -0.39 is 0 Å². The lowest BCUT2D eigenvalue weighted by molar-refractivity contribution is 0.425. The Morgan fingerprint density at radius 3 is 2.44 bits per heavy atom. The fourth-order valence-electron chi connectivity index (χ4n) is 1.72. The van der Waals surface area contributed by atoms with Gasteiger partial charge in [0, 0.05) is 30.6 Å². The summed E-state index contributed by atoms with van der Waals surface area (Å²) in [6, 6.07) is 0. The molecule has 0 aliphatic rings. The predicted molar refractivity (Wildman–Crippen MR) is 81.6 cm³/mol. The highest BCUT2D eigenvalue weighted by Gasteiger charge is 2.15. The summed E-state index contributed by atoms with van der Waals surface area (Å²) < 4.78 is 0. The summed E-state index contributed by atoms with van der Waals surface area (Å²) in [7, 11) is 2.13. The molecule has 1 aromatic rings. The van der Waals surface area contributed by atoms with E-state index in [1.165, 1.54) is 10.6 Å². The van der Waals surface area contributed by atoms with Gasteiger partial charge in [0.2, 0.25) is 0 Å². The average Bonchev–Trinajstić information content (AvgIpc) is 2.69. The molecule has 0 aliphatic carbocycles. The van der Waals surface area contributed by atoms with E-state index in [0.29, 0.717) is 0 Å². The van der Waals surface area contributed by atoms with Gasteiger partial charge in [0.05, 0.1) is 5.69 Å². The molecule has 4 heteroatoms. The Kier molecular flexibility index (Phi) is 5.60. The molecule has 0 aromatic carbocycles. The number of hydrogen-bond donors (Lipinski definition) is 1. The molecule has 0 unspecified atom stereocenters. The third-order valence-corrected chi connectivity index (χ3v) is 3.98. The SMILES string of the molecule is CCCN(C)c1nc(CC)c(CNC(C)(C)C)s1. The molecular formula is C14H27N3S. The normalized spacial score (nSPS) is 11.9. The fraction of sp³-hybridized carbons (Fsp3) is 0.786. The molecule has 104 valence electrons. The van der Waals surface area contributed by atoms with E-state index in [1.54, 1.807) is 0 Å². The first kappa shape index (κ1) is 15.4. The minimum absolute atomic E-state index is 0.157. The van der Waals surface area contributed by atoms with Crippen LogP contribution in [-0.4, -0.2) is 24.1 Å². The van der Waals surface area contributed by atoms with Crippen molar-refractivity contribution in [3.05, 3.63) is 10.6 Å². The van der Waals surface area contributed by atoms with Crippen LogP contribution in [0, 0.1) is 0 Å². The Hall–Kier alpha value is -0.610. The van der Waals surface area contributed by atoms with E-state index in [1.807, 2.05) is 11.3 Å². The predicted octanol–water partition coefficient (Wildman–Crippen LogP) is 3.44. The second-order valence-electron chi connectivity index (χ2n) is 5.74. The Bertz CT molecular complexity index is 366. The van der Waals surface area contributed by atoms with E-state index in [9.17, 15) is 0 Å². The number of anilines is 1. The third-order valence-electron chi connectivity index (χ3n) is 2.77. The molecule has 1 heterocycles. The van der Waals surface area contributed by atoms with Gasteiger partial charge in [-0.25, -0.2) is 4.98 Å². The van der Waals surface area contributed by atoms with Gasteiger partial charge in [-0.2, -0.15) is 0 Å². The van der Waals surface area contributed by atoms with E-state index >= 15 is 0 Å². The van der Waals surface area contributed by atoms with Crippen LogP contribution >= 0.6 is 11.3 Å². The molecule has 18 heavy (non-hydrogen) atoms. The quantitative estimate of drug-likeness (QED) is 0.857. The topological polar surface area (TPSA) is 28.2 Å². The first-order chi connectivity index (χ1) is 8.37. The van der Waals surface area contributed by atoms with Crippen LogP contribution in [0.4, 0.5) is 5.13 Å². The van der Waals surface area contributed by atoms with E-state index in [2.05, 4.69) is 51.9 Å². The lowest BCUT2D eigenvalue weighted by Gasteiger charge is -2.20. The summed E-state index contributed by atoms with van der Waals surface area (Å²) in [6.45, 7) is 13.0. The molecule has 0 aliphatic heterocycles. The number of rotatable bonds is 6. The van der Waals surface area contributed by atoms with Crippen molar-refractivity contribution in [2.75, 3.05) is 18.5 Å². The van der Waals surface area contributed by atoms with Gasteiger partial charge < -0.3 is 10.2 Å². The van der Waals surface area contributed by atoms with Gasteiger partial charge in [-0.1, -0.05) is 13.8 Å². The minimum atomic E-state index is 0.157. The van der Waals surface area contributed by atoms with Crippen molar-refractivity contribution in [2.24, 2.45) is 0 Å². The Morgan fingerprint density at radius 1 is 1.28 bits per heavy atom. The highest BCUT2D eigenvalue weighted by Crippen LogP contribution is 2.26. The maximum atomic E-state index is 4.75. The van der Waals surface area contributed by atoms with Crippen LogP contribution in [0.1, 0.15) is 51.6 Å². The molecule has 3 nitrogen and oxygen atoms in total. The molecule has 0 atom stereocenters. The maximum absolute atomic E-state index is 4.75. The molecular weight excluding hydrogens is 242 g/mol. The van der Waals surface area contributed by atoms with Crippen molar-refractivity contribution in [1.82, 2.24) is 10.3 Å². The summed E-state index contributed by atoms with van der Waals surface area (Å²) in [5.41, 5.74) is 1.40. The number of hydrogen-bond acceptors (Lipinski definition) is 4. The van der Waals surface area contributed by atoms with E-state index in [4.69, 9.17) is 4.98 Å². The number of aryl methyl sites for hydroxylation is 1. The van der Waals surface area contributed by atoms with Gasteiger partial charge >= 0.3 is 0 Å². The first-order valence-corrected chi connectivity index (χ1v) is 7.63. The number of nitrogens with one attached hydrogen (secondary N) is 1. The van der Waals surface area contributed by atoms with Gasteiger partial charge in [-0.05, 0) is 33.6 Å². The molecule has 0 saturated heterocycles. The standard InChI is InChI=1S/C14H27N3S/c1-7-9-17(6)13-16-11(8-2)12(18-13)10-15-14(3,4)5/h15H,7-10H2,1-6H3. The highest BCUT2D eigenvalue weighted by molar-refractivity contribution is 7.15. The lowest BCUT2D eigenvalue weighted by atomic mass is 10.1. The van der Waals surface area contributed by atoms with E-state index in [0.717, 1.165) is 31.1 Å². The molecule has 0 bridgehead atoms. The molecule has 0 fully saturated rings. The Balaban J connectivity index is 2.78. The van der Waals surface area contributed by atoms with Crippen LogP contribution in [0.2, 0.25) is 0 Å². The van der Waals surface area contributed by atoms with Gasteiger partial charge in [0.15, 0.2) is 5.13 Å². The second-order valence-corrected chi connectivity index (χ2v) is 6.81. The van der Waals surface area contributed by atoms with Crippen LogP contribution in [0.5, 0.6) is 0 Å². The van der Waals surface area contributed by atoms with Crippen molar-refractivity contribution < 1.29 is 0 Å². The fourth-order valence-corrected chi connectivity index (χ4v) is 2.80. The summed E-state index contributed by atoms with van der Waals surface area (Å²) in [4.78, 5) is 8.39. The van der Waals surface area contributed by atoms with Crippen molar-refractivity contribution in [2.45, 2.75) is 59.5 Å².